The van der Waals surface area contributed by atoms with E-state index in [9.17, 15) is 9.59 Å². The lowest BCUT2D eigenvalue weighted by molar-refractivity contribution is 0.0793. The van der Waals surface area contributed by atoms with E-state index in [2.05, 4.69) is 10.3 Å². The topological polar surface area (TPSA) is 65.2 Å². The number of hydrogen-bond donors (Lipinski definition) is 2. The molecule has 0 saturated heterocycles. The molecule has 0 atom stereocenters. The third-order valence-electron chi connectivity index (χ3n) is 4.13. The second-order valence-electron chi connectivity index (χ2n) is 5.53. The Labute approximate surface area is 132 Å². The number of benzene rings is 2. The minimum absolute atomic E-state index is 0.282. The zero-order valence-electron chi connectivity index (χ0n) is 12.4. The van der Waals surface area contributed by atoms with Crippen LogP contribution in [-0.4, -0.2) is 28.4 Å². The molecule has 0 aliphatic carbocycles. The van der Waals surface area contributed by atoms with Gasteiger partial charge in [-0.15, -0.1) is 0 Å². The number of urea groups is 1. The molecule has 114 valence electrons. The highest BCUT2D eigenvalue weighted by atomic mass is 16.2. The molecule has 5 heteroatoms. The number of rotatable bonds is 1. The van der Waals surface area contributed by atoms with Crippen LogP contribution < -0.4 is 5.32 Å². The van der Waals surface area contributed by atoms with Crippen molar-refractivity contribution in [2.75, 3.05) is 11.9 Å². The van der Waals surface area contributed by atoms with Gasteiger partial charge in [0.15, 0.2) is 0 Å². The van der Waals surface area contributed by atoms with E-state index in [0.29, 0.717) is 24.3 Å². The maximum Gasteiger partial charge on any atom is 0.328 e. The Bertz CT molecular complexity index is 899. The predicted molar refractivity (Wildman–Crippen MR) is 88.5 cm³/mol. The fourth-order valence-corrected chi connectivity index (χ4v) is 3.01. The minimum atomic E-state index is -0.398. The molecular weight excluding hydrogens is 290 g/mol. The van der Waals surface area contributed by atoms with Gasteiger partial charge in [-0.3, -0.25) is 9.69 Å². The van der Waals surface area contributed by atoms with Gasteiger partial charge in [0.1, 0.15) is 5.69 Å². The normalized spacial score (nSPS) is 13.9. The molecule has 0 radical (unpaired) electrons. The summed E-state index contributed by atoms with van der Waals surface area (Å²) in [6.07, 6.45) is 0.660. The summed E-state index contributed by atoms with van der Waals surface area (Å²) in [7, 11) is 0. The van der Waals surface area contributed by atoms with Crippen LogP contribution in [0.25, 0.3) is 10.9 Å². The van der Waals surface area contributed by atoms with Crippen molar-refractivity contribution >= 4 is 28.5 Å². The van der Waals surface area contributed by atoms with Crippen LogP contribution >= 0.6 is 0 Å². The highest BCUT2D eigenvalue weighted by Gasteiger charge is 2.31. The summed E-state index contributed by atoms with van der Waals surface area (Å²) < 4.78 is 0. The van der Waals surface area contributed by atoms with Crippen molar-refractivity contribution in [3.63, 3.8) is 0 Å². The first-order chi connectivity index (χ1) is 11.2. The summed E-state index contributed by atoms with van der Waals surface area (Å²) in [5.41, 5.74) is 3.11. The van der Waals surface area contributed by atoms with Crippen molar-refractivity contribution in [3.8, 4) is 0 Å². The predicted octanol–water partition coefficient (Wildman–Crippen LogP) is 3.40. The molecule has 0 fully saturated rings. The molecule has 5 nitrogen and oxygen atoms in total. The number of amides is 3. The lowest BCUT2D eigenvalue weighted by Gasteiger charge is -2.25. The van der Waals surface area contributed by atoms with Crippen LogP contribution in [0, 0.1) is 0 Å². The molecule has 2 N–H and O–H groups in total. The average molecular weight is 305 g/mol. The Morgan fingerprint density at radius 2 is 1.78 bits per heavy atom. The Hall–Kier alpha value is -3.08. The molecular formula is C18H15N3O2. The average Bonchev–Trinajstić information content (AvgIpc) is 2.96. The van der Waals surface area contributed by atoms with Gasteiger partial charge < -0.3 is 10.3 Å². The van der Waals surface area contributed by atoms with E-state index in [0.717, 1.165) is 16.5 Å². The van der Waals surface area contributed by atoms with Crippen molar-refractivity contribution in [2.45, 2.75) is 6.42 Å². The number of nitrogens with zero attached hydrogens (tertiary/aromatic N) is 1. The van der Waals surface area contributed by atoms with Crippen LogP contribution in [0.3, 0.4) is 0 Å². The van der Waals surface area contributed by atoms with Crippen LogP contribution in [0.4, 0.5) is 10.5 Å². The van der Waals surface area contributed by atoms with Gasteiger partial charge in [-0.25, -0.2) is 4.79 Å². The van der Waals surface area contributed by atoms with Crippen LogP contribution in [-0.2, 0) is 6.42 Å². The molecule has 0 bridgehead atoms. The molecule has 0 unspecified atom stereocenters. The second kappa shape index (κ2) is 5.28. The SMILES string of the molecule is O=C(Nc1ccccc1)N1CCc2c([nH]c3ccccc23)C1=O. The number of imide groups is 1. The number of H-pyrrole nitrogens is 1. The standard InChI is InChI=1S/C18H15N3O2/c22-17-16-14(13-8-4-5-9-15(13)20-16)10-11-21(17)18(23)19-12-6-2-1-3-7-12/h1-9,20H,10-11H2,(H,19,23). The monoisotopic (exact) mass is 305 g/mol. The van der Waals surface area contributed by atoms with Gasteiger partial charge in [-0.2, -0.15) is 0 Å². The number of anilines is 1. The molecule has 1 aliphatic heterocycles. The van der Waals surface area contributed by atoms with Crippen LogP contribution in [0.2, 0.25) is 0 Å². The highest BCUT2D eigenvalue weighted by Crippen LogP contribution is 2.27. The third kappa shape index (κ3) is 2.26. The van der Waals surface area contributed by atoms with Crippen molar-refractivity contribution in [1.29, 1.82) is 0 Å². The fourth-order valence-electron chi connectivity index (χ4n) is 3.01. The molecule has 0 spiro atoms. The number of aromatic amines is 1. The van der Waals surface area contributed by atoms with Crippen molar-refractivity contribution in [2.24, 2.45) is 0 Å². The number of carbonyl (C=O) groups excluding carboxylic acids is 2. The number of para-hydroxylation sites is 2. The second-order valence-corrected chi connectivity index (χ2v) is 5.53. The van der Waals surface area contributed by atoms with Gasteiger partial charge in [0, 0.05) is 23.1 Å². The van der Waals surface area contributed by atoms with E-state index in [4.69, 9.17) is 0 Å². The van der Waals surface area contributed by atoms with Gasteiger partial charge in [-0.1, -0.05) is 36.4 Å². The number of carbonyl (C=O) groups is 2. The quantitative estimate of drug-likeness (QED) is 0.723. The molecule has 1 aliphatic rings. The summed E-state index contributed by atoms with van der Waals surface area (Å²) in [5, 5.41) is 3.81. The van der Waals surface area contributed by atoms with E-state index < -0.39 is 6.03 Å². The van der Waals surface area contributed by atoms with E-state index in [1.165, 1.54) is 4.90 Å². The lowest BCUT2D eigenvalue weighted by Crippen LogP contribution is -2.44. The zero-order valence-corrected chi connectivity index (χ0v) is 12.4. The van der Waals surface area contributed by atoms with Crippen molar-refractivity contribution in [1.82, 2.24) is 9.88 Å². The molecule has 0 saturated carbocycles. The Morgan fingerprint density at radius 3 is 2.61 bits per heavy atom. The maximum absolute atomic E-state index is 12.7. The van der Waals surface area contributed by atoms with Gasteiger partial charge in [-0.05, 0) is 30.2 Å². The number of aromatic nitrogens is 1. The third-order valence-corrected chi connectivity index (χ3v) is 4.13. The van der Waals surface area contributed by atoms with E-state index >= 15 is 0 Å². The molecule has 1 aromatic heterocycles. The van der Waals surface area contributed by atoms with Gasteiger partial charge in [0.2, 0.25) is 0 Å². The Kier molecular flexibility index (Phi) is 3.12. The smallest absolute Gasteiger partial charge is 0.328 e. The summed E-state index contributed by atoms with van der Waals surface area (Å²) in [5.74, 6) is -0.282. The van der Waals surface area contributed by atoms with Gasteiger partial charge in [0.05, 0.1) is 0 Å². The molecule has 4 rings (SSSR count). The summed E-state index contributed by atoms with van der Waals surface area (Å²) >= 11 is 0. The number of nitrogens with one attached hydrogen (secondary N) is 2. The zero-order chi connectivity index (χ0) is 15.8. The fraction of sp³-hybridized carbons (Fsp3) is 0.111. The lowest BCUT2D eigenvalue weighted by atomic mass is 10.0. The van der Waals surface area contributed by atoms with Crippen molar-refractivity contribution < 1.29 is 9.59 Å². The summed E-state index contributed by atoms with van der Waals surface area (Å²) in [6, 6.07) is 16.6. The maximum atomic E-state index is 12.7. The molecule has 23 heavy (non-hydrogen) atoms. The van der Waals surface area contributed by atoms with E-state index in [-0.39, 0.29) is 5.91 Å². The minimum Gasteiger partial charge on any atom is -0.350 e. The molecule has 2 aromatic carbocycles. The van der Waals surface area contributed by atoms with Crippen molar-refractivity contribution in [3.05, 3.63) is 65.9 Å². The van der Waals surface area contributed by atoms with Gasteiger partial charge in [0.25, 0.3) is 5.91 Å². The number of fused-ring (bicyclic) bond motifs is 3. The molecule has 3 amide bonds. The van der Waals surface area contributed by atoms with Crippen LogP contribution in [0.5, 0.6) is 0 Å². The van der Waals surface area contributed by atoms with Crippen LogP contribution in [0.1, 0.15) is 16.1 Å². The Morgan fingerprint density at radius 1 is 1.04 bits per heavy atom. The largest absolute Gasteiger partial charge is 0.350 e. The van der Waals surface area contributed by atoms with E-state index in [1.54, 1.807) is 12.1 Å². The first-order valence-electron chi connectivity index (χ1n) is 7.51. The number of hydrogen-bond acceptors (Lipinski definition) is 2. The Balaban J connectivity index is 1.63. The molecule has 2 heterocycles. The first-order valence-corrected chi connectivity index (χ1v) is 7.51. The van der Waals surface area contributed by atoms with Crippen LogP contribution in [0.15, 0.2) is 54.6 Å². The van der Waals surface area contributed by atoms with Gasteiger partial charge >= 0.3 is 6.03 Å². The summed E-state index contributed by atoms with van der Waals surface area (Å²) in [4.78, 5) is 29.4. The van der Waals surface area contributed by atoms with E-state index in [1.807, 2.05) is 42.5 Å². The highest BCUT2D eigenvalue weighted by molar-refractivity contribution is 6.11. The summed E-state index contributed by atoms with van der Waals surface area (Å²) in [6.45, 7) is 0.381. The molecule has 3 aromatic rings. The first kappa shape index (κ1) is 13.6.